The number of carbonyl (C=O) groups excluding carboxylic acids is 1. The van der Waals surface area contributed by atoms with Gasteiger partial charge in [0, 0.05) is 0 Å². The molecule has 27 heavy (non-hydrogen) atoms. The molecule has 0 N–H and O–H groups in total. The van der Waals surface area contributed by atoms with E-state index in [2.05, 4.69) is 0 Å². The second kappa shape index (κ2) is 7.46. The van der Waals surface area contributed by atoms with Crippen LogP contribution in [0.15, 0.2) is 24.3 Å². The van der Waals surface area contributed by atoms with Crippen LogP contribution in [0.1, 0.15) is 59.3 Å². The van der Waals surface area contributed by atoms with E-state index in [4.69, 9.17) is 14.2 Å². The lowest BCUT2D eigenvalue weighted by Crippen LogP contribution is -2.31. The van der Waals surface area contributed by atoms with Crippen molar-refractivity contribution in [2.75, 3.05) is 6.79 Å². The molecule has 3 fully saturated rings. The highest BCUT2D eigenvalue weighted by molar-refractivity contribution is 5.78. The van der Waals surface area contributed by atoms with E-state index in [1.165, 1.54) is 32.1 Å². The fourth-order valence-electron chi connectivity index (χ4n) is 5.38. The van der Waals surface area contributed by atoms with Gasteiger partial charge in [0.15, 0.2) is 6.79 Å². The van der Waals surface area contributed by atoms with E-state index in [1.54, 1.807) is 12.1 Å². The fourth-order valence-corrected chi connectivity index (χ4v) is 5.38. The molecule has 4 nitrogen and oxygen atoms in total. The van der Waals surface area contributed by atoms with Crippen molar-refractivity contribution < 1.29 is 19.0 Å². The Morgan fingerprint density at radius 2 is 1.74 bits per heavy atom. The molecule has 5 unspecified atom stereocenters. The summed E-state index contributed by atoms with van der Waals surface area (Å²) in [6.45, 7) is 6.08. The van der Waals surface area contributed by atoms with Crippen LogP contribution in [0.4, 0.5) is 0 Å². The van der Waals surface area contributed by atoms with E-state index in [0.29, 0.717) is 18.6 Å². The SMILES string of the molecule is CCC(C)(C)C(=O)Oc1ccc(OCOC2CC3CC2C2CCCC32)cc1. The molecule has 0 aromatic heterocycles. The number of carbonyl (C=O) groups is 1. The molecule has 4 rings (SSSR count). The van der Waals surface area contributed by atoms with Gasteiger partial charge in [0.05, 0.1) is 11.5 Å². The van der Waals surface area contributed by atoms with Gasteiger partial charge in [0.25, 0.3) is 0 Å². The van der Waals surface area contributed by atoms with E-state index >= 15 is 0 Å². The molecule has 4 heteroatoms. The van der Waals surface area contributed by atoms with Crippen LogP contribution in [0, 0.1) is 29.1 Å². The first-order chi connectivity index (χ1) is 13.0. The number of esters is 1. The zero-order chi connectivity index (χ0) is 19.0. The third-order valence-electron chi connectivity index (χ3n) is 7.35. The summed E-state index contributed by atoms with van der Waals surface area (Å²) in [6, 6.07) is 7.22. The topological polar surface area (TPSA) is 44.8 Å². The molecule has 148 valence electrons. The summed E-state index contributed by atoms with van der Waals surface area (Å²) < 4.78 is 17.3. The summed E-state index contributed by atoms with van der Waals surface area (Å²) in [7, 11) is 0. The summed E-state index contributed by atoms with van der Waals surface area (Å²) in [4.78, 5) is 12.1. The van der Waals surface area contributed by atoms with Crippen LogP contribution in [-0.2, 0) is 9.53 Å². The van der Waals surface area contributed by atoms with Gasteiger partial charge in [-0.25, -0.2) is 0 Å². The molecular weight excluding hydrogens is 340 g/mol. The van der Waals surface area contributed by atoms with Gasteiger partial charge in [0.1, 0.15) is 11.5 Å². The van der Waals surface area contributed by atoms with E-state index in [-0.39, 0.29) is 5.97 Å². The van der Waals surface area contributed by atoms with E-state index in [9.17, 15) is 4.79 Å². The highest BCUT2D eigenvalue weighted by Gasteiger charge is 2.54. The van der Waals surface area contributed by atoms with E-state index < -0.39 is 5.41 Å². The van der Waals surface area contributed by atoms with Crippen molar-refractivity contribution in [3.8, 4) is 11.5 Å². The Morgan fingerprint density at radius 1 is 1.04 bits per heavy atom. The van der Waals surface area contributed by atoms with Gasteiger partial charge in [-0.1, -0.05) is 13.3 Å². The van der Waals surface area contributed by atoms with E-state index in [1.807, 2.05) is 32.9 Å². The maximum atomic E-state index is 12.1. The van der Waals surface area contributed by atoms with Gasteiger partial charge < -0.3 is 14.2 Å². The summed E-state index contributed by atoms with van der Waals surface area (Å²) in [5.41, 5.74) is -0.470. The Labute approximate surface area is 162 Å². The quantitative estimate of drug-likeness (QED) is 0.375. The van der Waals surface area contributed by atoms with Crippen molar-refractivity contribution in [1.82, 2.24) is 0 Å². The molecule has 0 spiro atoms. The summed E-state index contributed by atoms with van der Waals surface area (Å²) in [5, 5.41) is 0. The second-order valence-corrected chi connectivity index (χ2v) is 9.22. The lowest BCUT2D eigenvalue weighted by molar-refractivity contribution is -0.144. The molecule has 0 radical (unpaired) electrons. The Balaban J connectivity index is 1.23. The van der Waals surface area contributed by atoms with Crippen molar-refractivity contribution in [2.24, 2.45) is 29.1 Å². The van der Waals surface area contributed by atoms with Crippen molar-refractivity contribution >= 4 is 5.97 Å². The summed E-state index contributed by atoms with van der Waals surface area (Å²) >= 11 is 0. The molecule has 2 bridgehead atoms. The Hall–Kier alpha value is -1.55. The molecular formula is C23H32O4. The lowest BCUT2D eigenvalue weighted by Gasteiger charge is -2.31. The van der Waals surface area contributed by atoms with Gasteiger partial charge >= 0.3 is 5.97 Å². The predicted molar refractivity (Wildman–Crippen MR) is 104 cm³/mol. The van der Waals surface area contributed by atoms with Crippen LogP contribution in [0.5, 0.6) is 11.5 Å². The third-order valence-corrected chi connectivity index (χ3v) is 7.35. The molecule has 1 aromatic rings. The van der Waals surface area contributed by atoms with Gasteiger partial charge in [-0.15, -0.1) is 0 Å². The fraction of sp³-hybridized carbons (Fsp3) is 0.696. The number of rotatable bonds is 7. The first kappa shape index (κ1) is 18.8. The van der Waals surface area contributed by atoms with Gasteiger partial charge in [-0.2, -0.15) is 0 Å². The van der Waals surface area contributed by atoms with Crippen LogP contribution >= 0.6 is 0 Å². The summed E-state index contributed by atoms with van der Waals surface area (Å²) in [5.74, 6) is 4.65. The van der Waals surface area contributed by atoms with Gasteiger partial charge in [0.2, 0.25) is 0 Å². The number of fused-ring (bicyclic) bond motifs is 5. The maximum Gasteiger partial charge on any atom is 0.316 e. The first-order valence-electron chi connectivity index (χ1n) is 10.5. The van der Waals surface area contributed by atoms with Crippen LogP contribution < -0.4 is 9.47 Å². The summed E-state index contributed by atoms with van der Waals surface area (Å²) in [6.07, 6.45) is 7.98. The minimum Gasteiger partial charge on any atom is -0.468 e. The third kappa shape index (κ3) is 3.73. The number of benzene rings is 1. The molecule has 0 aliphatic heterocycles. The molecule has 0 saturated heterocycles. The average molecular weight is 373 g/mol. The average Bonchev–Trinajstić information content (AvgIpc) is 3.36. The van der Waals surface area contributed by atoms with Crippen molar-refractivity contribution in [3.63, 3.8) is 0 Å². The van der Waals surface area contributed by atoms with Crippen LogP contribution in [0.2, 0.25) is 0 Å². The smallest absolute Gasteiger partial charge is 0.316 e. The number of hydrogen-bond donors (Lipinski definition) is 0. The standard InChI is InChI=1S/C23H32O4/c1-4-23(2,3)22(24)27-17-10-8-16(9-11-17)25-14-26-21-13-15-12-20(21)19-7-5-6-18(15)19/h8-11,15,18-21H,4-7,12-14H2,1-3H3. The highest BCUT2D eigenvalue weighted by Crippen LogP contribution is 2.59. The van der Waals surface area contributed by atoms with E-state index in [0.717, 1.165) is 35.8 Å². The Bertz CT molecular complexity index is 665. The molecule has 1 aromatic carbocycles. The number of ether oxygens (including phenoxy) is 3. The first-order valence-corrected chi connectivity index (χ1v) is 10.5. The van der Waals surface area contributed by atoms with Crippen molar-refractivity contribution in [1.29, 1.82) is 0 Å². The molecule has 3 saturated carbocycles. The maximum absolute atomic E-state index is 12.1. The molecule has 3 aliphatic rings. The molecule has 0 amide bonds. The zero-order valence-electron chi connectivity index (χ0n) is 16.8. The van der Waals surface area contributed by atoms with Crippen LogP contribution in [0.3, 0.4) is 0 Å². The number of hydrogen-bond acceptors (Lipinski definition) is 4. The van der Waals surface area contributed by atoms with Crippen molar-refractivity contribution in [3.05, 3.63) is 24.3 Å². The molecule has 3 aliphatic carbocycles. The minimum atomic E-state index is -0.470. The minimum absolute atomic E-state index is 0.205. The van der Waals surface area contributed by atoms with Crippen LogP contribution in [-0.4, -0.2) is 18.9 Å². The Kier molecular flexibility index (Phi) is 5.19. The van der Waals surface area contributed by atoms with Crippen LogP contribution in [0.25, 0.3) is 0 Å². The molecule has 0 heterocycles. The highest BCUT2D eigenvalue weighted by atomic mass is 16.7. The normalized spacial score (nSPS) is 31.7. The lowest BCUT2D eigenvalue weighted by atomic mass is 9.80. The van der Waals surface area contributed by atoms with Gasteiger partial charge in [-0.3, -0.25) is 4.79 Å². The van der Waals surface area contributed by atoms with Gasteiger partial charge in [-0.05, 0) is 93.9 Å². The second-order valence-electron chi connectivity index (χ2n) is 9.22. The largest absolute Gasteiger partial charge is 0.468 e. The predicted octanol–water partition coefficient (Wildman–Crippen LogP) is 5.21. The van der Waals surface area contributed by atoms with Crippen molar-refractivity contribution in [2.45, 2.75) is 65.4 Å². The zero-order valence-corrected chi connectivity index (χ0v) is 16.8. The Morgan fingerprint density at radius 3 is 2.48 bits per heavy atom. The monoisotopic (exact) mass is 372 g/mol. The molecule has 5 atom stereocenters.